The molecule has 140 valence electrons. The van der Waals surface area contributed by atoms with Gasteiger partial charge in [-0.15, -0.1) is 0 Å². The predicted octanol–water partition coefficient (Wildman–Crippen LogP) is 3.06. The number of aryl methyl sites for hydroxylation is 1. The van der Waals surface area contributed by atoms with Crippen LogP contribution in [0.2, 0.25) is 0 Å². The summed E-state index contributed by atoms with van der Waals surface area (Å²) in [6.45, 7) is 0.737. The average molecular weight is 370 g/mol. The molecule has 0 aliphatic carbocycles. The number of halogens is 2. The summed E-state index contributed by atoms with van der Waals surface area (Å²) in [5.74, 6) is -0.949. The maximum atomic E-state index is 12.4. The monoisotopic (exact) mass is 370 g/mol. The Balaban J connectivity index is 2.31. The summed E-state index contributed by atoms with van der Waals surface area (Å²) >= 11 is 0. The molecule has 0 unspecified atom stereocenters. The van der Waals surface area contributed by atoms with Crippen LogP contribution in [-0.2, 0) is 6.54 Å². The minimum absolute atomic E-state index is 0.00380. The number of anilines is 1. The fraction of sp³-hybridized carbons (Fsp3) is 0.333. The van der Waals surface area contributed by atoms with Crippen LogP contribution >= 0.6 is 0 Å². The molecule has 0 bridgehead atoms. The molecule has 9 nitrogen and oxygen atoms in total. The highest BCUT2D eigenvalue weighted by Crippen LogP contribution is 2.32. The van der Waals surface area contributed by atoms with Crippen LogP contribution in [0.3, 0.4) is 0 Å². The van der Waals surface area contributed by atoms with Gasteiger partial charge in [-0.25, -0.2) is 0 Å². The second-order valence-electron chi connectivity index (χ2n) is 4.88. The van der Waals surface area contributed by atoms with Crippen molar-refractivity contribution in [3.8, 4) is 11.5 Å². The highest BCUT2D eigenvalue weighted by molar-refractivity contribution is 6.05. The van der Waals surface area contributed by atoms with Crippen molar-refractivity contribution in [3.05, 3.63) is 40.2 Å². The quantitative estimate of drug-likeness (QED) is 0.565. The first-order valence-corrected chi connectivity index (χ1v) is 7.60. The largest absolute Gasteiger partial charge is 0.490 e. The topological polar surface area (TPSA) is 109 Å². The lowest BCUT2D eigenvalue weighted by atomic mass is 10.2. The number of rotatable bonds is 8. The summed E-state index contributed by atoms with van der Waals surface area (Å²) in [7, 11) is 0. The van der Waals surface area contributed by atoms with E-state index in [0.717, 1.165) is 6.20 Å². The zero-order valence-electron chi connectivity index (χ0n) is 13.9. The number of aromatic nitrogens is 2. The van der Waals surface area contributed by atoms with Crippen LogP contribution in [0.25, 0.3) is 0 Å². The van der Waals surface area contributed by atoms with E-state index >= 15 is 0 Å². The van der Waals surface area contributed by atoms with Crippen LogP contribution in [0.15, 0.2) is 24.4 Å². The number of hydrogen-bond donors (Lipinski definition) is 1. The Morgan fingerprint density at radius 1 is 1.38 bits per heavy atom. The molecule has 0 saturated carbocycles. The van der Waals surface area contributed by atoms with Gasteiger partial charge < -0.3 is 14.8 Å². The fourth-order valence-corrected chi connectivity index (χ4v) is 2.22. The lowest BCUT2D eigenvalue weighted by Crippen LogP contribution is -2.19. The zero-order chi connectivity index (χ0) is 19.3. The third-order valence-corrected chi connectivity index (χ3v) is 3.25. The van der Waals surface area contributed by atoms with E-state index in [4.69, 9.17) is 4.74 Å². The summed E-state index contributed by atoms with van der Waals surface area (Å²) in [6, 6.07) is 3.81. The molecule has 1 aromatic heterocycles. The number of ether oxygens (including phenoxy) is 2. The fourth-order valence-electron chi connectivity index (χ4n) is 2.22. The van der Waals surface area contributed by atoms with E-state index in [1.807, 2.05) is 0 Å². The number of nitrogens with one attached hydrogen (secondary N) is 1. The summed E-state index contributed by atoms with van der Waals surface area (Å²) in [5.41, 5.74) is -0.464. The highest BCUT2D eigenvalue weighted by atomic mass is 19.3. The van der Waals surface area contributed by atoms with Crippen molar-refractivity contribution >= 4 is 17.3 Å². The van der Waals surface area contributed by atoms with Crippen LogP contribution in [0.1, 0.15) is 24.3 Å². The van der Waals surface area contributed by atoms with E-state index in [1.165, 1.54) is 22.9 Å². The molecule has 0 radical (unpaired) electrons. The molecule has 1 N–H and O–H groups in total. The molecule has 0 fully saturated rings. The van der Waals surface area contributed by atoms with E-state index in [2.05, 4.69) is 15.2 Å². The van der Waals surface area contributed by atoms with Gasteiger partial charge in [0, 0.05) is 18.3 Å². The number of carbonyl (C=O) groups excluding carboxylic acids is 1. The van der Waals surface area contributed by atoms with Crippen molar-refractivity contribution in [3.63, 3.8) is 0 Å². The first-order valence-electron chi connectivity index (χ1n) is 7.60. The SMILES string of the molecule is CCOc1cc(NC(=O)c2c([N+](=O)[O-])cnn2CC)ccc1OC(F)F. The summed E-state index contributed by atoms with van der Waals surface area (Å²) in [6.07, 6.45) is 0.990. The van der Waals surface area contributed by atoms with E-state index in [0.29, 0.717) is 0 Å². The van der Waals surface area contributed by atoms with Crippen molar-refractivity contribution in [2.45, 2.75) is 27.0 Å². The number of carbonyl (C=O) groups is 1. The van der Waals surface area contributed by atoms with E-state index in [-0.39, 0.29) is 36.0 Å². The molecule has 0 aliphatic rings. The molecular formula is C15H16F2N4O5. The second kappa shape index (κ2) is 8.23. The van der Waals surface area contributed by atoms with Crippen molar-refractivity contribution in [1.29, 1.82) is 0 Å². The first kappa shape index (κ1) is 19.1. The number of nitrogens with zero attached hydrogens (tertiary/aromatic N) is 3. The molecule has 1 heterocycles. The maximum absolute atomic E-state index is 12.4. The second-order valence-corrected chi connectivity index (χ2v) is 4.88. The standard InChI is InChI=1S/C15H16F2N4O5/c1-3-20-13(10(8-18-20)21(23)24)14(22)19-9-5-6-11(26-15(16)17)12(7-9)25-4-2/h5-8,15H,3-4H2,1-2H3,(H,19,22). The Hall–Kier alpha value is -3.24. The van der Waals surface area contributed by atoms with Crippen molar-refractivity contribution in [2.75, 3.05) is 11.9 Å². The third kappa shape index (κ3) is 4.23. The average Bonchev–Trinajstić information content (AvgIpc) is 3.01. The van der Waals surface area contributed by atoms with Gasteiger partial charge >= 0.3 is 12.3 Å². The Kier molecular flexibility index (Phi) is 6.04. The Labute approximate surface area is 146 Å². The molecule has 26 heavy (non-hydrogen) atoms. The molecule has 1 amide bonds. The molecular weight excluding hydrogens is 354 g/mol. The molecule has 0 saturated heterocycles. The van der Waals surface area contributed by atoms with Gasteiger partial charge in [-0.3, -0.25) is 19.6 Å². The lowest BCUT2D eigenvalue weighted by molar-refractivity contribution is -0.385. The van der Waals surface area contributed by atoms with Crippen LogP contribution in [-0.4, -0.2) is 33.8 Å². The van der Waals surface area contributed by atoms with E-state index in [1.54, 1.807) is 13.8 Å². The van der Waals surface area contributed by atoms with Gasteiger partial charge in [-0.2, -0.15) is 13.9 Å². The molecule has 0 atom stereocenters. The van der Waals surface area contributed by atoms with Crippen LogP contribution in [0, 0.1) is 10.1 Å². The van der Waals surface area contributed by atoms with Crippen LogP contribution in [0.4, 0.5) is 20.2 Å². The van der Waals surface area contributed by atoms with E-state index in [9.17, 15) is 23.7 Å². The number of nitro groups is 1. The number of alkyl halides is 2. The predicted molar refractivity (Wildman–Crippen MR) is 86.8 cm³/mol. The van der Waals surface area contributed by atoms with Gasteiger partial charge in [0.05, 0.1) is 11.5 Å². The molecule has 2 aromatic rings. The molecule has 0 spiro atoms. The van der Waals surface area contributed by atoms with E-state index < -0.39 is 23.1 Å². The minimum atomic E-state index is -3.03. The van der Waals surface area contributed by atoms with Gasteiger partial charge in [0.15, 0.2) is 11.5 Å². The lowest BCUT2D eigenvalue weighted by Gasteiger charge is -2.13. The van der Waals surface area contributed by atoms with Crippen molar-refractivity contribution in [1.82, 2.24) is 9.78 Å². The summed E-state index contributed by atoms with van der Waals surface area (Å²) in [4.78, 5) is 22.8. The zero-order valence-corrected chi connectivity index (χ0v) is 13.9. The molecule has 1 aromatic carbocycles. The summed E-state index contributed by atoms with van der Waals surface area (Å²) < 4.78 is 35.6. The third-order valence-electron chi connectivity index (χ3n) is 3.25. The number of benzene rings is 1. The van der Waals surface area contributed by atoms with Crippen molar-refractivity contribution < 1.29 is 28.0 Å². The Bertz CT molecular complexity index is 809. The smallest absolute Gasteiger partial charge is 0.387 e. The van der Waals surface area contributed by atoms with Gasteiger partial charge in [0.1, 0.15) is 6.20 Å². The highest BCUT2D eigenvalue weighted by Gasteiger charge is 2.26. The first-order chi connectivity index (χ1) is 12.4. The maximum Gasteiger partial charge on any atom is 0.387 e. The molecule has 11 heteroatoms. The van der Waals surface area contributed by atoms with Crippen LogP contribution in [0.5, 0.6) is 11.5 Å². The molecule has 2 rings (SSSR count). The Morgan fingerprint density at radius 3 is 2.69 bits per heavy atom. The minimum Gasteiger partial charge on any atom is -0.490 e. The van der Waals surface area contributed by atoms with Gasteiger partial charge in [0.2, 0.25) is 5.69 Å². The van der Waals surface area contributed by atoms with Gasteiger partial charge in [0.25, 0.3) is 5.91 Å². The number of amides is 1. The van der Waals surface area contributed by atoms with Crippen LogP contribution < -0.4 is 14.8 Å². The van der Waals surface area contributed by atoms with Crippen molar-refractivity contribution in [2.24, 2.45) is 0 Å². The normalized spacial score (nSPS) is 10.7. The molecule has 0 aliphatic heterocycles. The summed E-state index contributed by atoms with van der Waals surface area (Å²) in [5, 5.41) is 17.3. The number of hydrogen-bond acceptors (Lipinski definition) is 6. The Morgan fingerprint density at radius 2 is 2.12 bits per heavy atom. The van der Waals surface area contributed by atoms with Gasteiger partial charge in [-0.05, 0) is 26.0 Å². The van der Waals surface area contributed by atoms with Gasteiger partial charge in [-0.1, -0.05) is 0 Å².